The average molecular weight is 422 g/mol. The van der Waals surface area contributed by atoms with Gasteiger partial charge < -0.3 is 15.4 Å². The molecule has 2 aliphatic carbocycles. The number of ether oxygens (including phenoxy) is 1. The molecule has 0 aromatic rings. The Bertz CT molecular complexity index is 474. The van der Waals surface area contributed by atoms with Crippen molar-refractivity contribution in [2.75, 3.05) is 52.5 Å². The van der Waals surface area contributed by atoms with Crippen LogP contribution in [0.1, 0.15) is 51.4 Å². The van der Waals surface area contributed by atoms with Gasteiger partial charge in [-0.25, -0.2) is 0 Å². The van der Waals surface area contributed by atoms with E-state index in [1.807, 2.05) is 0 Å². The molecule has 2 saturated carbocycles. The van der Waals surface area contributed by atoms with Crippen molar-refractivity contribution < 1.29 is 9.53 Å². The van der Waals surface area contributed by atoms with Crippen LogP contribution in [0.2, 0.25) is 0 Å². The zero-order chi connectivity index (χ0) is 17.2. The summed E-state index contributed by atoms with van der Waals surface area (Å²) in [6.07, 6.45) is 10.0. The number of piperidine rings is 1. The summed E-state index contributed by atoms with van der Waals surface area (Å²) >= 11 is 0. The predicted octanol–water partition coefficient (Wildman–Crippen LogP) is 2.62. The first kappa shape index (κ1) is 23.2. The average Bonchev–Trinajstić information content (AvgIpc) is 3.35. The fraction of sp³-hybridized carbons (Fsp3) is 0.950. The third-order valence-corrected chi connectivity index (χ3v) is 7.32. The number of carbonyl (C=O) groups excluding carboxylic acids is 1. The largest absolute Gasteiger partial charge is 0.379 e. The number of halogens is 2. The molecule has 2 aliphatic heterocycles. The minimum absolute atomic E-state index is 0. The van der Waals surface area contributed by atoms with E-state index in [2.05, 4.69) is 15.5 Å². The minimum atomic E-state index is 0. The van der Waals surface area contributed by atoms with Crippen molar-refractivity contribution in [1.82, 2.24) is 15.5 Å². The first-order chi connectivity index (χ1) is 12.2. The summed E-state index contributed by atoms with van der Waals surface area (Å²) in [6, 6.07) is 0. The monoisotopic (exact) mass is 421 g/mol. The molecule has 5 nitrogen and oxygen atoms in total. The van der Waals surface area contributed by atoms with Gasteiger partial charge >= 0.3 is 0 Å². The van der Waals surface area contributed by atoms with Crippen molar-refractivity contribution in [3.63, 3.8) is 0 Å². The minimum Gasteiger partial charge on any atom is -0.379 e. The highest BCUT2D eigenvalue weighted by Crippen LogP contribution is 2.58. The van der Waals surface area contributed by atoms with Crippen molar-refractivity contribution in [3.05, 3.63) is 0 Å². The third-order valence-electron chi connectivity index (χ3n) is 7.32. The Labute approximate surface area is 176 Å². The summed E-state index contributed by atoms with van der Waals surface area (Å²) in [5.41, 5.74) is 0.640. The molecule has 7 heteroatoms. The van der Waals surface area contributed by atoms with Crippen LogP contribution in [-0.4, -0.2) is 63.3 Å². The lowest BCUT2D eigenvalue weighted by atomic mass is 9.73. The Hall–Kier alpha value is -0.0700. The van der Waals surface area contributed by atoms with E-state index >= 15 is 0 Å². The smallest absolute Gasteiger partial charge is 0.223 e. The highest BCUT2D eigenvalue weighted by atomic mass is 35.5. The fourth-order valence-corrected chi connectivity index (χ4v) is 5.52. The normalized spacial score (nSPS) is 29.3. The van der Waals surface area contributed by atoms with Crippen LogP contribution in [0.3, 0.4) is 0 Å². The van der Waals surface area contributed by atoms with Crippen LogP contribution in [-0.2, 0) is 9.53 Å². The number of morpholine rings is 1. The standard InChI is InChI=1S/C20H35N3O2.2ClH/c24-18(17-14-20(17)6-8-21-9-7-20)22-15-19(4-2-1-3-5-19)16-23-10-12-25-13-11-23;;/h17,21H,1-16H2,(H,22,24);2*1H. The lowest BCUT2D eigenvalue weighted by Crippen LogP contribution is -2.49. The molecular weight excluding hydrogens is 385 g/mol. The molecular formula is C20H37Cl2N3O2. The molecule has 0 bridgehead atoms. The van der Waals surface area contributed by atoms with Gasteiger partial charge in [-0.3, -0.25) is 9.69 Å². The van der Waals surface area contributed by atoms with Crippen LogP contribution in [0, 0.1) is 16.7 Å². The van der Waals surface area contributed by atoms with Crippen LogP contribution in [0.5, 0.6) is 0 Å². The zero-order valence-electron chi connectivity index (χ0n) is 16.5. The summed E-state index contributed by atoms with van der Waals surface area (Å²) in [6.45, 7) is 8.02. The van der Waals surface area contributed by atoms with Gasteiger partial charge in [-0.15, -0.1) is 24.8 Å². The van der Waals surface area contributed by atoms with Gasteiger partial charge in [0.25, 0.3) is 0 Å². The maximum Gasteiger partial charge on any atom is 0.223 e. The number of hydrogen-bond acceptors (Lipinski definition) is 4. The van der Waals surface area contributed by atoms with E-state index in [0.29, 0.717) is 22.7 Å². The third kappa shape index (κ3) is 5.51. The lowest BCUT2D eigenvalue weighted by molar-refractivity contribution is -0.124. The molecule has 27 heavy (non-hydrogen) atoms. The summed E-state index contributed by atoms with van der Waals surface area (Å²) in [5.74, 6) is 0.632. The van der Waals surface area contributed by atoms with Crippen molar-refractivity contribution in [1.29, 1.82) is 0 Å². The Kier molecular flexibility index (Phi) is 8.69. The van der Waals surface area contributed by atoms with Gasteiger partial charge in [-0.05, 0) is 50.6 Å². The Balaban J connectivity index is 0.00000131. The first-order valence-electron chi connectivity index (χ1n) is 10.5. The Morgan fingerprint density at radius 1 is 1.04 bits per heavy atom. The molecule has 4 fully saturated rings. The van der Waals surface area contributed by atoms with Crippen molar-refractivity contribution in [2.45, 2.75) is 51.4 Å². The van der Waals surface area contributed by atoms with Crippen molar-refractivity contribution in [2.24, 2.45) is 16.7 Å². The van der Waals surface area contributed by atoms with Crippen molar-refractivity contribution >= 4 is 30.7 Å². The number of carbonyl (C=O) groups is 1. The fourth-order valence-electron chi connectivity index (χ4n) is 5.52. The number of hydrogen-bond donors (Lipinski definition) is 2. The maximum atomic E-state index is 12.8. The second-order valence-electron chi connectivity index (χ2n) is 9.04. The van der Waals surface area contributed by atoms with E-state index in [4.69, 9.17) is 4.74 Å². The molecule has 4 aliphatic rings. The summed E-state index contributed by atoms with van der Waals surface area (Å²) in [5, 5.41) is 6.83. The van der Waals surface area contributed by atoms with Gasteiger partial charge in [0.05, 0.1) is 13.2 Å². The SMILES string of the molecule is Cl.Cl.O=C(NCC1(CN2CCOCC2)CCCCC1)C1CC12CCNCC2. The summed E-state index contributed by atoms with van der Waals surface area (Å²) in [7, 11) is 0. The molecule has 0 aromatic carbocycles. The Morgan fingerprint density at radius 3 is 2.37 bits per heavy atom. The van der Waals surface area contributed by atoms with E-state index in [1.54, 1.807) is 0 Å². The second kappa shape index (κ2) is 10.1. The molecule has 2 saturated heterocycles. The molecule has 158 valence electrons. The van der Waals surface area contributed by atoms with Gasteiger partial charge in [0.2, 0.25) is 5.91 Å². The molecule has 1 amide bonds. The van der Waals surface area contributed by atoms with Gasteiger partial charge in [-0.1, -0.05) is 19.3 Å². The van der Waals surface area contributed by atoms with Gasteiger partial charge in [0.15, 0.2) is 0 Å². The van der Waals surface area contributed by atoms with E-state index in [0.717, 1.165) is 58.9 Å². The first-order valence-corrected chi connectivity index (χ1v) is 10.5. The van der Waals surface area contributed by atoms with Gasteiger partial charge in [0.1, 0.15) is 0 Å². The molecule has 4 rings (SSSR count). The van der Waals surface area contributed by atoms with Crippen LogP contribution in [0.15, 0.2) is 0 Å². The lowest BCUT2D eigenvalue weighted by Gasteiger charge is -2.42. The zero-order valence-corrected chi connectivity index (χ0v) is 18.1. The second-order valence-corrected chi connectivity index (χ2v) is 9.04. The van der Waals surface area contributed by atoms with Crippen LogP contribution in [0.25, 0.3) is 0 Å². The Morgan fingerprint density at radius 2 is 1.70 bits per heavy atom. The summed E-state index contributed by atoms with van der Waals surface area (Å²) in [4.78, 5) is 15.4. The molecule has 2 N–H and O–H groups in total. The molecule has 2 heterocycles. The number of rotatable bonds is 5. The maximum absolute atomic E-state index is 12.8. The highest BCUT2D eigenvalue weighted by molar-refractivity contribution is 5.85. The summed E-state index contributed by atoms with van der Waals surface area (Å²) < 4.78 is 5.51. The van der Waals surface area contributed by atoms with Gasteiger partial charge in [-0.2, -0.15) is 0 Å². The number of amides is 1. The van der Waals surface area contributed by atoms with E-state index < -0.39 is 0 Å². The van der Waals surface area contributed by atoms with Crippen LogP contribution < -0.4 is 10.6 Å². The number of nitrogens with zero attached hydrogens (tertiary/aromatic N) is 1. The molecule has 1 unspecified atom stereocenters. The van der Waals surface area contributed by atoms with E-state index in [9.17, 15) is 4.79 Å². The van der Waals surface area contributed by atoms with E-state index in [-0.39, 0.29) is 24.8 Å². The molecule has 1 spiro atoms. The van der Waals surface area contributed by atoms with Gasteiger partial charge in [0, 0.05) is 37.5 Å². The number of nitrogens with one attached hydrogen (secondary N) is 2. The van der Waals surface area contributed by atoms with Crippen LogP contribution >= 0.6 is 24.8 Å². The molecule has 0 aromatic heterocycles. The predicted molar refractivity (Wildman–Crippen MR) is 113 cm³/mol. The van der Waals surface area contributed by atoms with Crippen LogP contribution in [0.4, 0.5) is 0 Å². The highest BCUT2D eigenvalue weighted by Gasteiger charge is 2.57. The topological polar surface area (TPSA) is 53.6 Å². The molecule has 0 radical (unpaired) electrons. The van der Waals surface area contributed by atoms with E-state index in [1.165, 1.54) is 44.9 Å². The molecule has 1 atom stereocenters. The quantitative estimate of drug-likeness (QED) is 0.715. The van der Waals surface area contributed by atoms with Crippen molar-refractivity contribution in [3.8, 4) is 0 Å².